The first-order valence-electron chi connectivity index (χ1n) is 6.54. The number of primary amides is 1. The third-order valence-electron chi connectivity index (χ3n) is 3.77. The highest BCUT2D eigenvalue weighted by Gasteiger charge is 2.28. The zero-order chi connectivity index (χ0) is 14.3. The molecule has 0 spiro atoms. The molecular weight excluding hydrogens is 274 g/mol. The summed E-state index contributed by atoms with van der Waals surface area (Å²) in [5.41, 5.74) is 7.21. The first kappa shape index (κ1) is 13.2. The van der Waals surface area contributed by atoms with Gasteiger partial charge < -0.3 is 10.3 Å². The quantitative estimate of drug-likeness (QED) is 0.924. The van der Waals surface area contributed by atoms with Gasteiger partial charge in [-0.1, -0.05) is 17.7 Å². The molecular formula is C15H16ClN3O. The molecule has 2 heterocycles. The molecule has 3 rings (SSSR count). The van der Waals surface area contributed by atoms with Crippen LogP contribution in [-0.2, 0) is 4.79 Å². The molecule has 1 atom stereocenters. The van der Waals surface area contributed by atoms with Gasteiger partial charge in [0.2, 0.25) is 5.91 Å². The first-order chi connectivity index (χ1) is 9.58. The second kappa shape index (κ2) is 4.96. The van der Waals surface area contributed by atoms with Crippen molar-refractivity contribution in [2.24, 2.45) is 5.73 Å². The predicted octanol–water partition coefficient (Wildman–Crippen LogP) is 2.54. The third kappa shape index (κ3) is 2.11. The Hall–Kier alpha value is -1.78. The lowest BCUT2D eigenvalue weighted by Crippen LogP contribution is -2.38. The predicted molar refractivity (Wildman–Crippen MR) is 80.5 cm³/mol. The van der Waals surface area contributed by atoms with Crippen molar-refractivity contribution >= 4 is 28.4 Å². The van der Waals surface area contributed by atoms with Gasteiger partial charge in [0.05, 0.1) is 5.57 Å². The number of carbonyl (C=O) groups is 1. The topological polar surface area (TPSA) is 51.3 Å². The van der Waals surface area contributed by atoms with Crippen molar-refractivity contribution < 1.29 is 4.79 Å². The van der Waals surface area contributed by atoms with Crippen LogP contribution in [0, 0.1) is 0 Å². The van der Waals surface area contributed by atoms with Gasteiger partial charge in [-0.05, 0) is 37.7 Å². The van der Waals surface area contributed by atoms with Crippen molar-refractivity contribution in [2.75, 3.05) is 13.6 Å². The Labute approximate surface area is 122 Å². The normalized spacial score (nSPS) is 20.1. The van der Waals surface area contributed by atoms with Gasteiger partial charge in [-0.15, -0.1) is 0 Å². The number of carbonyl (C=O) groups excluding carboxylic acids is 1. The van der Waals surface area contributed by atoms with Crippen LogP contribution in [0.3, 0.4) is 0 Å². The maximum atomic E-state index is 11.7. The molecule has 1 aromatic carbocycles. The van der Waals surface area contributed by atoms with Gasteiger partial charge in [0, 0.05) is 28.7 Å². The highest BCUT2D eigenvalue weighted by molar-refractivity contribution is 6.31. The molecule has 0 aliphatic carbocycles. The van der Waals surface area contributed by atoms with E-state index in [0.717, 1.165) is 23.9 Å². The summed E-state index contributed by atoms with van der Waals surface area (Å²) in [5, 5.41) is 1.76. The number of rotatable bonds is 2. The van der Waals surface area contributed by atoms with E-state index in [1.54, 1.807) is 0 Å². The highest BCUT2D eigenvalue weighted by atomic mass is 35.5. The molecule has 5 heteroatoms. The number of amides is 1. The summed E-state index contributed by atoms with van der Waals surface area (Å²) in [7, 11) is 2.00. The third-order valence-corrected chi connectivity index (χ3v) is 4.01. The zero-order valence-electron chi connectivity index (χ0n) is 11.2. The number of nitrogens with two attached hydrogens (primary N) is 1. The number of benzene rings is 1. The SMILES string of the molecule is CN1CCC=C(C(N)=O)C1n1ccc2cc(Cl)ccc21. The molecule has 0 fully saturated rings. The maximum Gasteiger partial charge on any atom is 0.247 e. The van der Waals surface area contributed by atoms with E-state index in [9.17, 15) is 4.79 Å². The molecule has 104 valence electrons. The summed E-state index contributed by atoms with van der Waals surface area (Å²) in [4.78, 5) is 13.8. The van der Waals surface area contributed by atoms with Gasteiger partial charge in [-0.25, -0.2) is 0 Å². The molecule has 1 aliphatic heterocycles. The Morgan fingerprint density at radius 3 is 2.95 bits per heavy atom. The van der Waals surface area contributed by atoms with Gasteiger partial charge in [-0.2, -0.15) is 0 Å². The summed E-state index contributed by atoms with van der Waals surface area (Å²) in [5.74, 6) is -0.364. The van der Waals surface area contributed by atoms with Crippen LogP contribution in [0.25, 0.3) is 10.9 Å². The number of hydrogen-bond acceptors (Lipinski definition) is 2. The number of aromatic nitrogens is 1. The fraction of sp³-hybridized carbons (Fsp3) is 0.267. The Bertz CT molecular complexity index is 704. The van der Waals surface area contributed by atoms with Crippen LogP contribution < -0.4 is 5.73 Å². The molecule has 1 amide bonds. The molecule has 1 aliphatic rings. The molecule has 2 N–H and O–H groups in total. The number of halogens is 1. The zero-order valence-corrected chi connectivity index (χ0v) is 12.0. The van der Waals surface area contributed by atoms with Crippen molar-refractivity contribution in [2.45, 2.75) is 12.6 Å². The van der Waals surface area contributed by atoms with E-state index in [4.69, 9.17) is 17.3 Å². The van der Waals surface area contributed by atoms with Crippen molar-refractivity contribution in [3.8, 4) is 0 Å². The number of hydrogen-bond donors (Lipinski definition) is 1. The van der Waals surface area contributed by atoms with E-state index in [0.29, 0.717) is 10.6 Å². The van der Waals surface area contributed by atoms with Crippen LogP contribution in [0.15, 0.2) is 42.1 Å². The van der Waals surface area contributed by atoms with Crippen molar-refractivity contribution in [3.63, 3.8) is 0 Å². The minimum absolute atomic E-state index is 0.153. The lowest BCUT2D eigenvalue weighted by Gasteiger charge is -2.34. The van der Waals surface area contributed by atoms with Gasteiger partial charge in [0.25, 0.3) is 0 Å². The van der Waals surface area contributed by atoms with E-state index < -0.39 is 0 Å². The van der Waals surface area contributed by atoms with Gasteiger partial charge in [0.1, 0.15) is 6.17 Å². The van der Waals surface area contributed by atoms with E-state index in [1.165, 1.54) is 0 Å². The molecule has 0 saturated heterocycles. The Morgan fingerprint density at radius 2 is 2.20 bits per heavy atom. The van der Waals surface area contributed by atoms with Crippen LogP contribution in [-0.4, -0.2) is 29.0 Å². The smallest absolute Gasteiger partial charge is 0.247 e. The largest absolute Gasteiger partial charge is 0.366 e. The van der Waals surface area contributed by atoms with Crippen LogP contribution in [0.5, 0.6) is 0 Å². The Kier molecular flexibility index (Phi) is 3.28. The second-order valence-corrected chi connectivity index (χ2v) is 5.53. The summed E-state index contributed by atoms with van der Waals surface area (Å²) < 4.78 is 2.07. The van der Waals surface area contributed by atoms with Gasteiger partial charge in [0.15, 0.2) is 0 Å². The number of nitrogens with zero attached hydrogens (tertiary/aromatic N) is 2. The van der Waals surface area contributed by atoms with Gasteiger partial charge >= 0.3 is 0 Å². The molecule has 1 aromatic heterocycles. The van der Waals surface area contributed by atoms with Crippen molar-refractivity contribution in [3.05, 3.63) is 47.1 Å². The van der Waals surface area contributed by atoms with Crippen LogP contribution >= 0.6 is 11.6 Å². The number of likely N-dealkylation sites (N-methyl/N-ethyl adjacent to an activating group) is 1. The van der Waals surface area contributed by atoms with Gasteiger partial charge in [-0.3, -0.25) is 9.69 Å². The monoisotopic (exact) mass is 289 g/mol. The summed E-state index contributed by atoms with van der Waals surface area (Å²) in [6.07, 6.45) is 4.61. The Morgan fingerprint density at radius 1 is 1.40 bits per heavy atom. The lowest BCUT2D eigenvalue weighted by molar-refractivity contribution is -0.115. The van der Waals surface area contributed by atoms with E-state index in [2.05, 4.69) is 9.47 Å². The van der Waals surface area contributed by atoms with E-state index in [1.807, 2.05) is 43.6 Å². The van der Waals surface area contributed by atoms with Crippen LogP contribution in [0.1, 0.15) is 12.6 Å². The number of fused-ring (bicyclic) bond motifs is 1. The fourth-order valence-electron chi connectivity index (χ4n) is 2.83. The minimum Gasteiger partial charge on any atom is -0.366 e. The highest BCUT2D eigenvalue weighted by Crippen LogP contribution is 2.31. The Balaban J connectivity index is 2.15. The average Bonchev–Trinajstić information content (AvgIpc) is 2.81. The molecule has 0 saturated carbocycles. The standard InChI is InChI=1S/C15H16ClN3O/c1-18-7-2-3-12(14(17)20)15(18)19-8-6-10-9-11(16)4-5-13(10)19/h3-6,8-9,15H,2,7H2,1H3,(H2,17,20). The summed E-state index contributed by atoms with van der Waals surface area (Å²) >= 11 is 6.02. The summed E-state index contributed by atoms with van der Waals surface area (Å²) in [6.45, 7) is 0.898. The van der Waals surface area contributed by atoms with Crippen molar-refractivity contribution in [1.29, 1.82) is 0 Å². The summed E-state index contributed by atoms with van der Waals surface area (Å²) in [6, 6.07) is 7.75. The van der Waals surface area contributed by atoms with Crippen LogP contribution in [0.4, 0.5) is 0 Å². The fourth-order valence-corrected chi connectivity index (χ4v) is 3.01. The molecule has 20 heavy (non-hydrogen) atoms. The molecule has 4 nitrogen and oxygen atoms in total. The van der Waals surface area contributed by atoms with E-state index in [-0.39, 0.29) is 12.1 Å². The first-order valence-corrected chi connectivity index (χ1v) is 6.92. The molecule has 0 bridgehead atoms. The minimum atomic E-state index is -0.364. The van der Waals surface area contributed by atoms with Crippen LogP contribution in [0.2, 0.25) is 5.02 Å². The molecule has 1 unspecified atom stereocenters. The average molecular weight is 290 g/mol. The maximum absolute atomic E-state index is 11.7. The van der Waals surface area contributed by atoms with E-state index >= 15 is 0 Å². The second-order valence-electron chi connectivity index (χ2n) is 5.09. The lowest BCUT2D eigenvalue weighted by atomic mass is 10.1. The molecule has 0 radical (unpaired) electrons. The van der Waals surface area contributed by atoms with Crippen molar-refractivity contribution in [1.82, 2.24) is 9.47 Å². The molecule has 2 aromatic rings.